The summed E-state index contributed by atoms with van der Waals surface area (Å²) in [7, 11) is 1.36. The average molecular weight is 244 g/mol. The van der Waals surface area contributed by atoms with Gasteiger partial charge in [0, 0.05) is 0 Å². The SMILES string of the molecule is COC(=O)c1ccc2ccc(C(C)(C)O)cc2c1. The number of carbonyl (C=O) groups excluding carboxylic acids is 1. The molecule has 2 aromatic rings. The maximum atomic E-state index is 11.5. The van der Waals surface area contributed by atoms with Gasteiger partial charge in [-0.15, -0.1) is 0 Å². The van der Waals surface area contributed by atoms with E-state index in [1.165, 1.54) is 7.11 Å². The van der Waals surface area contributed by atoms with Gasteiger partial charge in [-0.3, -0.25) is 0 Å². The van der Waals surface area contributed by atoms with Gasteiger partial charge in [0.1, 0.15) is 0 Å². The zero-order valence-corrected chi connectivity index (χ0v) is 10.7. The van der Waals surface area contributed by atoms with Crippen LogP contribution < -0.4 is 0 Å². The highest BCUT2D eigenvalue weighted by Crippen LogP contribution is 2.25. The van der Waals surface area contributed by atoms with Crippen LogP contribution >= 0.6 is 0 Å². The Kier molecular flexibility index (Phi) is 3.09. The minimum Gasteiger partial charge on any atom is -0.465 e. The summed E-state index contributed by atoms with van der Waals surface area (Å²) in [4.78, 5) is 11.5. The second kappa shape index (κ2) is 4.42. The van der Waals surface area contributed by atoms with Crippen molar-refractivity contribution in [1.29, 1.82) is 0 Å². The number of rotatable bonds is 2. The first kappa shape index (κ1) is 12.6. The normalized spacial score (nSPS) is 11.6. The van der Waals surface area contributed by atoms with Crippen LogP contribution in [0.2, 0.25) is 0 Å². The third kappa shape index (κ3) is 2.36. The summed E-state index contributed by atoms with van der Waals surface area (Å²) in [6.45, 7) is 3.47. The Hall–Kier alpha value is -1.87. The van der Waals surface area contributed by atoms with E-state index in [-0.39, 0.29) is 5.97 Å². The molecular weight excluding hydrogens is 228 g/mol. The average Bonchev–Trinajstić information content (AvgIpc) is 2.35. The number of aliphatic hydroxyl groups is 1. The summed E-state index contributed by atoms with van der Waals surface area (Å²) in [6, 6.07) is 11.1. The first-order valence-corrected chi connectivity index (χ1v) is 5.77. The van der Waals surface area contributed by atoms with E-state index >= 15 is 0 Å². The monoisotopic (exact) mass is 244 g/mol. The minimum atomic E-state index is -0.893. The maximum Gasteiger partial charge on any atom is 0.337 e. The molecule has 1 N–H and O–H groups in total. The molecule has 2 aromatic carbocycles. The van der Waals surface area contributed by atoms with Gasteiger partial charge in [-0.05, 0) is 48.4 Å². The van der Waals surface area contributed by atoms with Gasteiger partial charge >= 0.3 is 5.97 Å². The molecule has 3 nitrogen and oxygen atoms in total. The Morgan fingerprint density at radius 3 is 2.39 bits per heavy atom. The number of hydrogen-bond donors (Lipinski definition) is 1. The van der Waals surface area contributed by atoms with Crippen molar-refractivity contribution in [3.63, 3.8) is 0 Å². The zero-order valence-electron chi connectivity index (χ0n) is 10.7. The van der Waals surface area contributed by atoms with Crippen LogP contribution in [0.1, 0.15) is 29.8 Å². The molecule has 94 valence electrons. The molecule has 3 heteroatoms. The van der Waals surface area contributed by atoms with Gasteiger partial charge in [-0.25, -0.2) is 4.79 Å². The van der Waals surface area contributed by atoms with Gasteiger partial charge < -0.3 is 9.84 Å². The highest BCUT2D eigenvalue weighted by molar-refractivity contribution is 5.95. The molecule has 0 aliphatic heterocycles. The third-order valence-corrected chi connectivity index (χ3v) is 2.97. The lowest BCUT2D eigenvalue weighted by Crippen LogP contribution is -2.15. The molecule has 0 heterocycles. The molecule has 0 spiro atoms. The predicted molar refractivity (Wildman–Crippen MR) is 70.5 cm³/mol. The Bertz CT molecular complexity index is 594. The molecule has 0 atom stereocenters. The van der Waals surface area contributed by atoms with Gasteiger partial charge in [0.2, 0.25) is 0 Å². The lowest BCUT2D eigenvalue weighted by molar-refractivity contribution is 0.0601. The standard InChI is InChI=1S/C15H16O3/c1-15(2,17)13-7-6-10-4-5-11(14(16)18-3)8-12(10)9-13/h4-9,17H,1-3H3. The Morgan fingerprint density at radius 1 is 1.11 bits per heavy atom. The summed E-state index contributed by atoms with van der Waals surface area (Å²) in [5.41, 5.74) is 0.435. The van der Waals surface area contributed by atoms with E-state index in [1.807, 2.05) is 24.3 Å². The molecule has 0 bridgehead atoms. The molecule has 18 heavy (non-hydrogen) atoms. The lowest BCUT2D eigenvalue weighted by Gasteiger charge is -2.18. The van der Waals surface area contributed by atoms with Crippen molar-refractivity contribution >= 4 is 16.7 Å². The maximum absolute atomic E-state index is 11.5. The van der Waals surface area contributed by atoms with Crippen LogP contribution in [0, 0.1) is 0 Å². The molecule has 0 radical (unpaired) electrons. The van der Waals surface area contributed by atoms with Crippen molar-refractivity contribution in [1.82, 2.24) is 0 Å². The highest BCUT2D eigenvalue weighted by atomic mass is 16.5. The molecule has 0 saturated heterocycles. The van der Waals surface area contributed by atoms with Crippen molar-refractivity contribution in [2.24, 2.45) is 0 Å². The lowest BCUT2D eigenvalue weighted by atomic mass is 9.95. The summed E-state index contributed by atoms with van der Waals surface area (Å²) in [5, 5.41) is 11.9. The van der Waals surface area contributed by atoms with Crippen LogP contribution in [0.4, 0.5) is 0 Å². The van der Waals surface area contributed by atoms with E-state index in [9.17, 15) is 9.90 Å². The molecule has 0 unspecified atom stereocenters. The van der Waals surface area contributed by atoms with Crippen LogP contribution in [0.15, 0.2) is 36.4 Å². The summed E-state index contributed by atoms with van der Waals surface area (Å²) in [5.74, 6) is -0.356. The van der Waals surface area contributed by atoms with Crippen LogP contribution in [0.3, 0.4) is 0 Å². The van der Waals surface area contributed by atoms with Crippen molar-refractivity contribution in [3.8, 4) is 0 Å². The minimum absolute atomic E-state index is 0.356. The highest BCUT2D eigenvalue weighted by Gasteiger charge is 2.16. The van der Waals surface area contributed by atoms with Gasteiger partial charge in [0.25, 0.3) is 0 Å². The van der Waals surface area contributed by atoms with Gasteiger partial charge in [-0.1, -0.05) is 18.2 Å². The van der Waals surface area contributed by atoms with Gasteiger partial charge in [0.05, 0.1) is 18.3 Å². The van der Waals surface area contributed by atoms with E-state index < -0.39 is 5.60 Å². The topological polar surface area (TPSA) is 46.5 Å². The number of esters is 1. The molecule has 0 aliphatic carbocycles. The van der Waals surface area contributed by atoms with Crippen LogP contribution in [0.5, 0.6) is 0 Å². The molecule has 2 rings (SSSR count). The quantitative estimate of drug-likeness (QED) is 0.826. The second-order valence-corrected chi connectivity index (χ2v) is 4.83. The largest absolute Gasteiger partial charge is 0.465 e. The Morgan fingerprint density at radius 2 is 1.78 bits per heavy atom. The first-order chi connectivity index (χ1) is 8.41. The second-order valence-electron chi connectivity index (χ2n) is 4.83. The fourth-order valence-corrected chi connectivity index (χ4v) is 1.87. The summed E-state index contributed by atoms with van der Waals surface area (Å²) in [6.07, 6.45) is 0. The van der Waals surface area contributed by atoms with Crippen LogP contribution in [-0.2, 0) is 10.3 Å². The number of ether oxygens (including phenoxy) is 1. The predicted octanol–water partition coefficient (Wildman–Crippen LogP) is 2.85. The van der Waals surface area contributed by atoms with Crippen molar-refractivity contribution in [3.05, 3.63) is 47.5 Å². The fraction of sp³-hybridized carbons (Fsp3) is 0.267. The Labute approximate surface area is 106 Å². The van der Waals surface area contributed by atoms with E-state index in [1.54, 1.807) is 26.0 Å². The van der Waals surface area contributed by atoms with Gasteiger partial charge in [0.15, 0.2) is 0 Å². The molecule has 0 aromatic heterocycles. The molecule has 0 aliphatic rings. The van der Waals surface area contributed by atoms with Crippen molar-refractivity contribution in [2.75, 3.05) is 7.11 Å². The first-order valence-electron chi connectivity index (χ1n) is 5.77. The van der Waals surface area contributed by atoms with Crippen LogP contribution in [-0.4, -0.2) is 18.2 Å². The van der Waals surface area contributed by atoms with Crippen LogP contribution in [0.25, 0.3) is 10.8 Å². The fourth-order valence-electron chi connectivity index (χ4n) is 1.87. The molecular formula is C15H16O3. The van der Waals surface area contributed by atoms with E-state index in [0.717, 1.165) is 16.3 Å². The molecule has 0 fully saturated rings. The van der Waals surface area contributed by atoms with Crippen molar-refractivity contribution < 1.29 is 14.6 Å². The van der Waals surface area contributed by atoms with Gasteiger partial charge in [-0.2, -0.15) is 0 Å². The molecule has 0 amide bonds. The summed E-state index contributed by atoms with van der Waals surface area (Å²) >= 11 is 0. The summed E-state index contributed by atoms with van der Waals surface area (Å²) < 4.78 is 4.69. The molecule has 0 saturated carbocycles. The number of hydrogen-bond acceptors (Lipinski definition) is 3. The zero-order chi connectivity index (χ0) is 13.3. The smallest absolute Gasteiger partial charge is 0.337 e. The third-order valence-electron chi connectivity index (χ3n) is 2.97. The van der Waals surface area contributed by atoms with Crippen molar-refractivity contribution in [2.45, 2.75) is 19.4 Å². The number of benzene rings is 2. The van der Waals surface area contributed by atoms with E-state index in [4.69, 9.17) is 4.74 Å². The number of methoxy groups -OCH3 is 1. The van der Waals surface area contributed by atoms with E-state index in [0.29, 0.717) is 5.56 Å². The van der Waals surface area contributed by atoms with E-state index in [2.05, 4.69) is 0 Å². The Balaban J connectivity index is 2.57. The number of fused-ring (bicyclic) bond motifs is 1. The number of carbonyl (C=O) groups is 1.